The van der Waals surface area contributed by atoms with Gasteiger partial charge in [-0.15, -0.1) is 12.6 Å². The van der Waals surface area contributed by atoms with Gasteiger partial charge in [-0.2, -0.15) is 0 Å². The molecule has 0 heterocycles. The number of rotatable bonds is 2. The number of nitrogens with one attached hydrogen (secondary N) is 1. The third kappa shape index (κ3) is 2.04. The molecule has 0 atom stereocenters. The molecule has 0 fully saturated rings. The standard InChI is InChI=1S/C15H15N3S/c16-15-13(19)6-4-10-2-3-11-7-9(8-18-17)1-5-12(11)14(10)15/h1-7,18-19H,8,16-17H2. The molecule has 96 valence electrons. The molecule has 0 aliphatic rings. The van der Waals surface area contributed by atoms with E-state index in [9.17, 15) is 0 Å². The fraction of sp³-hybridized carbons (Fsp3) is 0.0667. The van der Waals surface area contributed by atoms with Gasteiger partial charge in [-0.25, -0.2) is 0 Å². The van der Waals surface area contributed by atoms with E-state index in [1.54, 1.807) is 0 Å². The van der Waals surface area contributed by atoms with Crippen LogP contribution < -0.4 is 17.0 Å². The average Bonchev–Trinajstić information content (AvgIpc) is 2.42. The molecule has 19 heavy (non-hydrogen) atoms. The van der Waals surface area contributed by atoms with Crippen LogP contribution in [0.2, 0.25) is 0 Å². The van der Waals surface area contributed by atoms with E-state index in [-0.39, 0.29) is 0 Å². The van der Waals surface area contributed by atoms with Gasteiger partial charge in [0.2, 0.25) is 0 Å². The predicted octanol–water partition coefficient (Wildman–Crippen LogP) is 2.83. The smallest absolute Gasteiger partial charge is 0.0535 e. The molecule has 0 aromatic heterocycles. The summed E-state index contributed by atoms with van der Waals surface area (Å²) in [6, 6.07) is 14.4. The first kappa shape index (κ1) is 12.3. The average molecular weight is 269 g/mol. The Labute approximate surface area is 117 Å². The zero-order valence-corrected chi connectivity index (χ0v) is 11.2. The lowest BCUT2D eigenvalue weighted by Crippen LogP contribution is -2.20. The molecule has 3 nitrogen and oxygen atoms in total. The molecular formula is C15H15N3S. The maximum absolute atomic E-state index is 6.17. The molecule has 0 unspecified atom stereocenters. The van der Waals surface area contributed by atoms with E-state index >= 15 is 0 Å². The van der Waals surface area contributed by atoms with Crippen LogP contribution in [-0.4, -0.2) is 0 Å². The fourth-order valence-corrected chi connectivity index (χ4v) is 2.64. The van der Waals surface area contributed by atoms with Crippen molar-refractivity contribution in [1.29, 1.82) is 0 Å². The Morgan fingerprint density at radius 3 is 2.53 bits per heavy atom. The molecule has 0 bridgehead atoms. The number of thiol groups is 1. The van der Waals surface area contributed by atoms with Gasteiger partial charge in [0.05, 0.1) is 5.69 Å². The molecule has 0 amide bonds. The second kappa shape index (κ2) is 4.74. The number of anilines is 1. The van der Waals surface area contributed by atoms with Crippen LogP contribution in [-0.2, 0) is 6.54 Å². The summed E-state index contributed by atoms with van der Waals surface area (Å²) in [4.78, 5) is 0.813. The second-order valence-corrected chi connectivity index (χ2v) is 5.08. The van der Waals surface area contributed by atoms with Crippen LogP contribution >= 0.6 is 12.6 Å². The zero-order valence-electron chi connectivity index (χ0n) is 10.4. The van der Waals surface area contributed by atoms with Crippen molar-refractivity contribution in [1.82, 2.24) is 5.43 Å². The number of fused-ring (bicyclic) bond motifs is 3. The van der Waals surface area contributed by atoms with E-state index < -0.39 is 0 Å². The molecule has 3 aromatic carbocycles. The van der Waals surface area contributed by atoms with E-state index in [0.717, 1.165) is 37.7 Å². The van der Waals surface area contributed by atoms with E-state index in [2.05, 4.69) is 48.4 Å². The van der Waals surface area contributed by atoms with E-state index in [1.165, 1.54) is 0 Å². The van der Waals surface area contributed by atoms with Gasteiger partial charge in [-0.1, -0.05) is 30.3 Å². The van der Waals surface area contributed by atoms with E-state index in [4.69, 9.17) is 11.6 Å². The van der Waals surface area contributed by atoms with Crippen molar-refractivity contribution in [3.8, 4) is 0 Å². The number of nitrogen functional groups attached to an aromatic ring is 1. The third-order valence-corrected chi connectivity index (χ3v) is 3.78. The zero-order chi connectivity index (χ0) is 13.4. The molecule has 0 saturated carbocycles. The van der Waals surface area contributed by atoms with Gasteiger partial charge in [0, 0.05) is 16.8 Å². The highest BCUT2D eigenvalue weighted by Crippen LogP contribution is 2.33. The molecule has 5 N–H and O–H groups in total. The summed E-state index contributed by atoms with van der Waals surface area (Å²) in [6.07, 6.45) is 0. The number of hydrazine groups is 1. The van der Waals surface area contributed by atoms with Crippen molar-refractivity contribution >= 4 is 39.9 Å². The number of nitrogens with two attached hydrogens (primary N) is 2. The van der Waals surface area contributed by atoms with Crippen LogP contribution in [0.25, 0.3) is 21.5 Å². The van der Waals surface area contributed by atoms with Gasteiger partial charge >= 0.3 is 0 Å². The van der Waals surface area contributed by atoms with Crippen molar-refractivity contribution in [2.45, 2.75) is 11.4 Å². The second-order valence-electron chi connectivity index (χ2n) is 4.60. The van der Waals surface area contributed by atoms with E-state index in [1.807, 2.05) is 12.1 Å². The van der Waals surface area contributed by atoms with Gasteiger partial charge in [0.25, 0.3) is 0 Å². The third-order valence-electron chi connectivity index (χ3n) is 3.39. The predicted molar refractivity (Wildman–Crippen MR) is 84.1 cm³/mol. The van der Waals surface area contributed by atoms with Crippen LogP contribution in [0.4, 0.5) is 5.69 Å². The van der Waals surface area contributed by atoms with Crippen LogP contribution in [0.3, 0.4) is 0 Å². The fourth-order valence-electron chi connectivity index (χ4n) is 2.45. The summed E-state index contributed by atoms with van der Waals surface area (Å²) < 4.78 is 0. The Hall–Kier alpha value is -1.75. The molecule has 0 aliphatic heterocycles. The highest BCUT2D eigenvalue weighted by molar-refractivity contribution is 7.80. The summed E-state index contributed by atoms with van der Waals surface area (Å²) in [5.74, 6) is 5.36. The Balaban J connectivity index is 2.36. The van der Waals surface area contributed by atoms with Crippen LogP contribution in [0.15, 0.2) is 47.4 Å². The van der Waals surface area contributed by atoms with Gasteiger partial charge in [-0.05, 0) is 33.9 Å². The highest BCUT2D eigenvalue weighted by atomic mass is 32.1. The summed E-state index contributed by atoms with van der Waals surface area (Å²) >= 11 is 4.40. The lowest BCUT2D eigenvalue weighted by atomic mass is 9.99. The van der Waals surface area contributed by atoms with Crippen molar-refractivity contribution in [3.63, 3.8) is 0 Å². The lowest BCUT2D eigenvalue weighted by molar-refractivity contribution is 0.742. The van der Waals surface area contributed by atoms with Gasteiger partial charge in [-0.3, -0.25) is 11.3 Å². The molecule has 3 rings (SSSR count). The number of benzene rings is 3. The molecule has 0 spiro atoms. The minimum absolute atomic E-state index is 0.649. The highest BCUT2D eigenvalue weighted by Gasteiger charge is 2.06. The van der Waals surface area contributed by atoms with Gasteiger partial charge in [0.1, 0.15) is 0 Å². The molecule has 3 aromatic rings. The summed E-state index contributed by atoms with van der Waals surface area (Å²) in [6.45, 7) is 0.649. The van der Waals surface area contributed by atoms with Crippen molar-refractivity contribution in [3.05, 3.63) is 48.0 Å². The Kier molecular flexibility index (Phi) is 3.06. The topological polar surface area (TPSA) is 64.1 Å². The minimum atomic E-state index is 0.649. The van der Waals surface area contributed by atoms with E-state index in [0.29, 0.717) is 6.54 Å². The molecule has 4 heteroatoms. The van der Waals surface area contributed by atoms with Crippen LogP contribution in [0.1, 0.15) is 5.56 Å². The Morgan fingerprint density at radius 2 is 1.74 bits per heavy atom. The monoisotopic (exact) mass is 269 g/mol. The molecule has 0 saturated heterocycles. The first-order valence-corrected chi connectivity index (χ1v) is 6.51. The van der Waals surface area contributed by atoms with Gasteiger partial charge in [0.15, 0.2) is 0 Å². The van der Waals surface area contributed by atoms with Crippen LogP contribution in [0.5, 0.6) is 0 Å². The van der Waals surface area contributed by atoms with Crippen LogP contribution in [0, 0.1) is 0 Å². The van der Waals surface area contributed by atoms with Crippen molar-refractivity contribution in [2.75, 3.05) is 5.73 Å². The quantitative estimate of drug-likeness (QED) is 0.190. The number of hydrogen-bond donors (Lipinski definition) is 4. The SMILES string of the molecule is NNCc1ccc2c(ccc3ccc(S)c(N)c32)c1. The molecule has 0 radical (unpaired) electrons. The molecular weight excluding hydrogens is 254 g/mol. The summed E-state index contributed by atoms with van der Waals surface area (Å²) in [5.41, 5.74) is 10.7. The van der Waals surface area contributed by atoms with Gasteiger partial charge < -0.3 is 5.73 Å². The lowest BCUT2D eigenvalue weighted by Gasteiger charge is -2.10. The molecule has 0 aliphatic carbocycles. The normalized spacial score (nSPS) is 11.3. The summed E-state index contributed by atoms with van der Waals surface area (Å²) in [7, 11) is 0. The maximum Gasteiger partial charge on any atom is 0.0535 e. The maximum atomic E-state index is 6.17. The van der Waals surface area contributed by atoms with Crippen molar-refractivity contribution in [2.24, 2.45) is 5.84 Å². The Morgan fingerprint density at radius 1 is 1.00 bits per heavy atom. The summed E-state index contributed by atoms with van der Waals surface area (Å²) in [5, 5.41) is 4.50. The number of hydrogen-bond acceptors (Lipinski definition) is 4. The first-order valence-electron chi connectivity index (χ1n) is 6.07. The minimum Gasteiger partial charge on any atom is -0.397 e. The first-order chi connectivity index (χ1) is 9.20. The Bertz CT molecular complexity index is 768. The van der Waals surface area contributed by atoms with Crippen molar-refractivity contribution < 1.29 is 0 Å². The largest absolute Gasteiger partial charge is 0.397 e.